The van der Waals surface area contributed by atoms with Gasteiger partial charge in [-0.05, 0) is 53.2 Å². The quantitative estimate of drug-likeness (QED) is 0.688. The molecule has 0 bridgehead atoms. The van der Waals surface area contributed by atoms with E-state index in [4.69, 9.17) is 5.73 Å². The molecule has 0 aromatic rings. The molecule has 0 aromatic heterocycles. The van der Waals surface area contributed by atoms with Crippen molar-refractivity contribution in [2.45, 2.75) is 66.0 Å². The van der Waals surface area contributed by atoms with Crippen LogP contribution < -0.4 is 5.73 Å². The summed E-state index contributed by atoms with van der Waals surface area (Å²) in [6.07, 6.45) is 1.04. The summed E-state index contributed by atoms with van der Waals surface area (Å²) in [6.45, 7) is 19.8. The van der Waals surface area contributed by atoms with Gasteiger partial charge in [-0.2, -0.15) is 0 Å². The van der Waals surface area contributed by atoms with Crippen molar-refractivity contribution in [2.75, 3.05) is 13.1 Å². The molecule has 0 fully saturated rings. The van der Waals surface area contributed by atoms with E-state index < -0.39 is 0 Å². The number of carbonyl (C=O) groups excluding carboxylic acids is 1. The SMILES string of the molecule is C=C(C)C(=O)C(C)C(C)(C)N(CCC)C(C)(C)CN. The van der Waals surface area contributed by atoms with Crippen LogP contribution in [0.5, 0.6) is 0 Å². The molecule has 3 nitrogen and oxygen atoms in total. The number of nitrogens with two attached hydrogens (primary N) is 1. The summed E-state index contributed by atoms with van der Waals surface area (Å²) in [7, 11) is 0. The number of ketones is 1. The van der Waals surface area contributed by atoms with Gasteiger partial charge in [0.25, 0.3) is 0 Å². The summed E-state index contributed by atoms with van der Waals surface area (Å²) in [5.41, 5.74) is 6.19. The molecular formula is C16H32N2O. The van der Waals surface area contributed by atoms with E-state index in [0.29, 0.717) is 12.1 Å². The number of hydrogen-bond acceptors (Lipinski definition) is 3. The van der Waals surface area contributed by atoms with E-state index in [0.717, 1.165) is 13.0 Å². The Balaban J connectivity index is 5.41. The van der Waals surface area contributed by atoms with Gasteiger partial charge in [0.2, 0.25) is 0 Å². The molecule has 0 saturated carbocycles. The fraction of sp³-hybridized carbons (Fsp3) is 0.812. The maximum absolute atomic E-state index is 12.3. The van der Waals surface area contributed by atoms with E-state index in [1.165, 1.54) is 0 Å². The molecule has 0 aliphatic rings. The van der Waals surface area contributed by atoms with Crippen LogP contribution >= 0.6 is 0 Å². The average Bonchev–Trinajstić information content (AvgIpc) is 2.33. The molecule has 3 heteroatoms. The second-order valence-electron chi connectivity index (χ2n) is 6.69. The van der Waals surface area contributed by atoms with Crippen LogP contribution in [0.15, 0.2) is 12.2 Å². The van der Waals surface area contributed by atoms with Gasteiger partial charge in [0.1, 0.15) is 0 Å². The first kappa shape index (κ1) is 18.3. The van der Waals surface area contributed by atoms with Crippen molar-refractivity contribution in [2.24, 2.45) is 11.7 Å². The molecule has 0 spiro atoms. The number of rotatable bonds is 8. The highest BCUT2D eigenvalue weighted by Crippen LogP contribution is 2.32. The molecule has 0 aliphatic heterocycles. The molecular weight excluding hydrogens is 236 g/mol. The summed E-state index contributed by atoms with van der Waals surface area (Å²) < 4.78 is 0. The van der Waals surface area contributed by atoms with Crippen LogP contribution in [0.25, 0.3) is 0 Å². The zero-order valence-electron chi connectivity index (χ0n) is 13.8. The van der Waals surface area contributed by atoms with Gasteiger partial charge in [0, 0.05) is 23.5 Å². The lowest BCUT2D eigenvalue weighted by atomic mass is 9.79. The van der Waals surface area contributed by atoms with Crippen LogP contribution in [0.2, 0.25) is 0 Å². The predicted octanol–water partition coefficient (Wildman–Crippen LogP) is 3.00. The first-order valence-electron chi connectivity index (χ1n) is 7.19. The van der Waals surface area contributed by atoms with E-state index in [9.17, 15) is 4.79 Å². The third-order valence-corrected chi connectivity index (χ3v) is 4.25. The Labute approximate surface area is 119 Å². The highest BCUT2D eigenvalue weighted by molar-refractivity contribution is 5.96. The van der Waals surface area contributed by atoms with Gasteiger partial charge in [0.05, 0.1) is 0 Å². The number of nitrogens with zero attached hydrogens (tertiary/aromatic N) is 1. The molecule has 1 atom stereocenters. The molecule has 0 radical (unpaired) electrons. The van der Waals surface area contributed by atoms with Crippen LogP contribution in [-0.2, 0) is 4.79 Å². The standard InChI is InChI=1S/C16H32N2O/c1-9-10-18(15(5,6)11-17)16(7,8)13(4)14(19)12(2)3/h13H,2,9-11,17H2,1,3-8H3. The zero-order valence-corrected chi connectivity index (χ0v) is 13.8. The highest BCUT2D eigenvalue weighted by atomic mass is 16.1. The van der Waals surface area contributed by atoms with E-state index in [1.807, 2.05) is 6.92 Å². The monoisotopic (exact) mass is 268 g/mol. The Morgan fingerprint density at radius 2 is 1.79 bits per heavy atom. The molecule has 0 aromatic carbocycles. The first-order valence-corrected chi connectivity index (χ1v) is 7.19. The maximum Gasteiger partial charge on any atom is 0.162 e. The minimum absolute atomic E-state index is 0.0950. The molecule has 0 rings (SSSR count). The second kappa shape index (κ2) is 6.67. The van der Waals surface area contributed by atoms with Gasteiger partial charge < -0.3 is 5.73 Å². The second-order valence-corrected chi connectivity index (χ2v) is 6.69. The van der Waals surface area contributed by atoms with E-state index >= 15 is 0 Å². The van der Waals surface area contributed by atoms with Crippen LogP contribution in [0.3, 0.4) is 0 Å². The average molecular weight is 268 g/mol. The van der Waals surface area contributed by atoms with Gasteiger partial charge in [-0.15, -0.1) is 0 Å². The molecule has 2 N–H and O–H groups in total. The van der Waals surface area contributed by atoms with Gasteiger partial charge in [-0.25, -0.2) is 0 Å². The largest absolute Gasteiger partial charge is 0.329 e. The van der Waals surface area contributed by atoms with Crippen molar-refractivity contribution in [1.29, 1.82) is 0 Å². The number of carbonyl (C=O) groups is 1. The molecule has 19 heavy (non-hydrogen) atoms. The molecule has 0 amide bonds. The third-order valence-electron chi connectivity index (χ3n) is 4.25. The summed E-state index contributed by atoms with van der Waals surface area (Å²) in [5.74, 6) is 0.0429. The van der Waals surface area contributed by atoms with E-state index in [-0.39, 0.29) is 22.8 Å². The van der Waals surface area contributed by atoms with Gasteiger partial charge in [-0.1, -0.05) is 20.4 Å². The Morgan fingerprint density at radius 1 is 1.32 bits per heavy atom. The lowest BCUT2D eigenvalue weighted by molar-refractivity contribution is -0.125. The van der Waals surface area contributed by atoms with Crippen molar-refractivity contribution in [3.63, 3.8) is 0 Å². The van der Waals surface area contributed by atoms with Gasteiger partial charge in [0.15, 0.2) is 5.78 Å². The van der Waals surface area contributed by atoms with Gasteiger partial charge >= 0.3 is 0 Å². The predicted molar refractivity (Wildman–Crippen MR) is 83.2 cm³/mol. The summed E-state index contributed by atoms with van der Waals surface area (Å²) in [6, 6.07) is 0. The minimum atomic E-state index is -0.241. The van der Waals surface area contributed by atoms with E-state index in [1.54, 1.807) is 6.92 Å². The lowest BCUT2D eigenvalue weighted by Gasteiger charge is -2.50. The number of hydrogen-bond donors (Lipinski definition) is 1. The van der Waals surface area contributed by atoms with Crippen molar-refractivity contribution < 1.29 is 4.79 Å². The maximum atomic E-state index is 12.3. The summed E-state index contributed by atoms with van der Waals surface area (Å²) >= 11 is 0. The molecule has 0 heterocycles. The van der Waals surface area contributed by atoms with Crippen molar-refractivity contribution in [3.05, 3.63) is 12.2 Å². The Hall–Kier alpha value is -0.670. The van der Waals surface area contributed by atoms with Gasteiger partial charge in [-0.3, -0.25) is 9.69 Å². The van der Waals surface area contributed by atoms with Crippen LogP contribution in [0, 0.1) is 5.92 Å². The van der Waals surface area contributed by atoms with Crippen molar-refractivity contribution in [1.82, 2.24) is 4.90 Å². The fourth-order valence-corrected chi connectivity index (χ4v) is 2.63. The first-order chi connectivity index (χ1) is 8.52. The molecule has 0 aliphatic carbocycles. The Bertz CT molecular complexity index is 332. The van der Waals surface area contributed by atoms with E-state index in [2.05, 4.69) is 46.1 Å². The van der Waals surface area contributed by atoms with Crippen LogP contribution in [0.4, 0.5) is 0 Å². The molecule has 0 saturated heterocycles. The molecule has 1 unspecified atom stereocenters. The topological polar surface area (TPSA) is 46.3 Å². The number of allylic oxidation sites excluding steroid dienone is 1. The van der Waals surface area contributed by atoms with Crippen LogP contribution in [0.1, 0.15) is 54.9 Å². The summed E-state index contributed by atoms with van der Waals surface area (Å²) in [4.78, 5) is 14.6. The fourth-order valence-electron chi connectivity index (χ4n) is 2.63. The van der Waals surface area contributed by atoms with Crippen molar-refractivity contribution >= 4 is 5.78 Å². The normalized spacial score (nSPS) is 14.6. The highest BCUT2D eigenvalue weighted by Gasteiger charge is 2.42. The Morgan fingerprint density at radius 3 is 2.11 bits per heavy atom. The Kier molecular flexibility index (Phi) is 6.43. The third kappa shape index (κ3) is 4.15. The lowest BCUT2D eigenvalue weighted by Crippen LogP contribution is -2.62. The number of Topliss-reactive ketones (excluding diaryl/α,β-unsaturated/α-hetero) is 1. The van der Waals surface area contributed by atoms with Crippen LogP contribution in [-0.4, -0.2) is 34.9 Å². The zero-order chi connectivity index (χ0) is 15.4. The summed E-state index contributed by atoms with van der Waals surface area (Å²) in [5, 5.41) is 0. The van der Waals surface area contributed by atoms with Crippen molar-refractivity contribution in [3.8, 4) is 0 Å². The smallest absolute Gasteiger partial charge is 0.162 e. The molecule has 112 valence electrons. The minimum Gasteiger partial charge on any atom is -0.329 e.